The van der Waals surface area contributed by atoms with Gasteiger partial charge < -0.3 is 157 Å². The van der Waals surface area contributed by atoms with Crippen LogP contribution in [-0.2, 0) is 38.4 Å². The van der Waals surface area contributed by atoms with Gasteiger partial charge in [-0.05, 0) is 0 Å². The summed E-state index contributed by atoms with van der Waals surface area (Å²) in [5.41, 5.74) is 0. The number of amides is 8. The highest BCUT2D eigenvalue weighted by molar-refractivity contribution is 5.85. The molecule has 0 aliphatic heterocycles. The van der Waals surface area contributed by atoms with Crippen molar-refractivity contribution in [1.29, 1.82) is 0 Å². The first-order chi connectivity index (χ1) is 51.8. The second-order valence-corrected chi connectivity index (χ2v) is 38.4. The molecule has 0 spiro atoms. The Morgan fingerprint density at radius 2 is 0.299 bits per heavy atom. The van der Waals surface area contributed by atoms with Gasteiger partial charge in [0.15, 0.2) is 0 Å². The third-order valence-electron chi connectivity index (χ3n) is 19.3. The minimum atomic E-state index is -0.0553. The summed E-state index contributed by atoms with van der Waals surface area (Å²) >= 11 is 0. The fourth-order valence-corrected chi connectivity index (χ4v) is 12.3. The summed E-state index contributed by atoms with van der Waals surface area (Å²) in [6.07, 6.45) is 8.60. The Kier molecular flexibility index (Phi) is 71.4. The molecule has 0 bridgehead atoms. The van der Waals surface area contributed by atoms with Gasteiger partial charge in [-0.25, -0.2) is 0 Å². The highest BCUT2D eigenvalue weighted by Gasteiger charge is 2.23. The molecule has 0 aromatic rings. The van der Waals surface area contributed by atoms with Crippen LogP contribution < -0.4 is 92.2 Å². The fourth-order valence-electron chi connectivity index (χ4n) is 12.3. The molecule has 0 heterocycles. The van der Waals surface area contributed by atoms with Gasteiger partial charge in [-0.1, -0.05) is 0 Å². The van der Waals surface area contributed by atoms with Gasteiger partial charge >= 0.3 is 0 Å². The zero-order valence-corrected chi connectivity index (χ0v) is 81.5. The summed E-state index contributed by atoms with van der Waals surface area (Å²) in [4.78, 5) is 123. The highest BCUT2D eigenvalue weighted by atomic mass is 35.5. The second kappa shape index (κ2) is 67.1. The van der Waals surface area contributed by atoms with E-state index in [-0.39, 0.29) is 161 Å². The van der Waals surface area contributed by atoms with E-state index >= 15 is 0 Å². The third kappa shape index (κ3) is 87.4. The summed E-state index contributed by atoms with van der Waals surface area (Å²) in [7, 11) is 58.7. The first kappa shape index (κ1) is 124. The summed E-state index contributed by atoms with van der Waals surface area (Å²) in [6, 6.07) is 0. The second-order valence-electron chi connectivity index (χ2n) is 38.4. The Balaban J connectivity index is -0.00000616. The van der Waals surface area contributed by atoms with Crippen molar-refractivity contribution in [1.82, 2.24) is 71.9 Å². The number of carbonyl (C=O) groups is 8. The lowest BCUT2D eigenvalue weighted by atomic mass is 10.2. The molecular weight excluding hydrogens is 1600 g/mol. The summed E-state index contributed by atoms with van der Waals surface area (Å²) in [5.74, 6) is -0.360. The van der Waals surface area contributed by atoms with Crippen LogP contribution in [-0.4, -0.2) is 476 Å². The molecule has 698 valence electrons. The van der Waals surface area contributed by atoms with E-state index in [1.54, 1.807) is 0 Å². The molecular formula is C82H177Cl5N22O8. The third-order valence-corrected chi connectivity index (χ3v) is 19.3. The summed E-state index contributed by atoms with van der Waals surface area (Å²) < 4.78 is 5.38. The minimum Gasteiger partial charge on any atom is -1.00 e. The van der Waals surface area contributed by atoms with Crippen molar-refractivity contribution in [3.8, 4) is 0 Å². The van der Waals surface area contributed by atoms with Gasteiger partial charge in [0.25, 0.3) is 0 Å². The minimum absolute atomic E-state index is 0. The fraction of sp³-hybridized carbons (Fsp3) is 0.854. The number of rotatable bonds is 71. The van der Waals surface area contributed by atoms with Gasteiger partial charge in [0, 0.05) is 329 Å². The first-order valence-electron chi connectivity index (χ1n) is 42.2. The zero-order valence-electron chi connectivity index (χ0n) is 77.6. The van der Waals surface area contributed by atoms with Crippen molar-refractivity contribution in [2.75, 3.05) is 363 Å². The summed E-state index contributed by atoms with van der Waals surface area (Å²) in [5, 5.41) is 25.1. The number of carbonyl (C=O) groups excluding carboxylic acids is 8. The molecule has 0 fully saturated rings. The van der Waals surface area contributed by atoms with Gasteiger partial charge in [0.2, 0.25) is 47.3 Å². The molecule has 0 aromatic carbocycles. The standard InChI is InChI=1S/C82H172N22O8.5ClH/c1-97(2,3)67-25-41-83-75(105)33-49-91(50-34-76(106)84-42-26-68-98(4,5)6)57-59-93(53-37-79(109)87-45-29-71-101(13,14)15)61-63-95(55-39-81(111)89-47-31-73-103(19,20)21)65-66-96(56-40-82(112)90-48-32-74-104(22,23)24)64-62-94(54-38-80(110)88-46-30-72-102(16,17)18)60-58-92(51-35-77(107)85-43-27-69-99(7,8)9)52-36-78(108)86-44-28-70-100(10,11)12;;;;;/h13,16,19,22,25-74H2,1-12,14-15,17-18,20-21,23-24H3,(H4-4,83,84,85,86,87,88,89,90,105,106,107,108,109,110,111,112);5*1H. The molecule has 0 saturated carbocycles. The summed E-state index contributed by atoms with van der Waals surface area (Å²) in [6.45, 7) is 20.4. The van der Waals surface area contributed by atoms with Crippen LogP contribution in [0, 0.1) is 28.2 Å². The molecule has 0 rings (SSSR count). The van der Waals surface area contributed by atoms with Crippen molar-refractivity contribution in [3.63, 3.8) is 0 Å². The molecule has 8 N–H and O–H groups in total. The molecule has 0 aliphatic carbocycles. The number of nitrogens with zero attached hydrogens (tertiary/aromatic N) is 14. The molecule has 0 atom stereocenters. The number of halogens is 5. The normalized spacial score (nSPS) is 12.3. The lowest BCUT2D eigenvalue weighted by Gasteiger charge is -2.33. The molecule has 117 heavy (non-hydrogen) atoms. The predicted molar refractivity (Wildman–Crippen MR) is 465 cm³/mol. The average molecular weight is 1780 g/mol. The molecule has 0 radical (unpaired) electrons. The van der Waals surface area contributed by atoms with Crippen LogP contribution in [0.15, 0.2) is 0 Å². The Labute approximate surface area is 745 Å². The van der Waals surface area contributed by atoms with Crippen LogP contribution in [0.25, 0.3) is 0 Å². The van der Waals surface area contributed by atoms with Crippen molar-refractivity contribution < 1.29 is 124 Å². The van der Waals surface area contributed by atoms with E-state index in [0.717, 1.165) is 122 Å². The maximum atomic E-state index is 13.9. The van der Waals surface area contributed by atoms with Crippen LogP contribution >= 0.6 is 12.4 Å². The Morgan fingerprint density at radius 1 is 0.197 bits per heavy atom. The van der Waals surface area contributed by atoms with Gasteiger partial charge in [0.05, 0.1) is 137 Å². The van der Waals surface area contributed by atoms with E-state index < -0.39 is 0 Å². The molecule has 30 nitrogen and oxygen atoms in total. The van der Waals surface area contributed by atoms with Crippen LogP contribution in [0.4, 0.5) is 0 Å². The Hall–Kier alpha value is -3.35. The predicted octanol–water partition coefficient (Wildman–Crippen LogP) is -11.3. The number of nitrogens with one attached hydrogen (secondary N) is 8. The van der Waals surface area contributed by atoms with Crippen molar-refractivity contribution >= 4 is 59.7 Å². The largest absolute Gasteiger partial charge is 1.00 e. The van der Waals surface area contributed by atoms with E-state index in [9.17, 15) is 38.4 Å². The molecule has 35 heteroatoms. The smallest absolute Gasteiger partial charge is 0.221 e. The van der Waals surface area contributed by atoms with E-state index in [2.05, 4.69) is 185 Å². The molecule has 0 saturated heterocycles. The Morgan fingerprint density at radius 3 is 0.402 bits per heavy atom. The molecule has 0 unspecified atom stereocenters. The maximum Gasteiger partial charge on any atom is 0.221 e. The quantitative estimate of drug-likeness (QED) is 0.0160. The average Bonchev–Trinajstić information content (AvgIpc) is 0.910. The molecule has 0 aromatic heterocycles. The van der Waals surface area contributed by atoms with Crippen LogP contribution in [0.1, 0.15) is 103 Å². The maximum absolute atomic E-state index is 13.9. The zero-order chi connectivity index (χ0) is 85.1. The number of hydrogen-bond acceptors (Lipinski definition) is 14. The number of hydrogen-bond donors (Lipinski definition) is 8. The SMILES string of the molecule is Cl.[CH2-][N+](C)(C)CCCNC(=O)CCN(CCN(CCC(=O)NCCC[N+](C)(C)C)CCC(=O)NCCC[N+](C)(C)C)CCN(CCC(=O)NCCC[N+]([CH2-])(C)C)CCN(CCC(=O)NCCC[N+]([CH2-])(C)C)CCN(CCC(=O)NCCC[N+]([CH2-])(C)C)CCN(CCC(=O)NCCC[N+](C)(C)C)CCC(=O)NCCC[N+](C)(C)C.[Cl-].[Cl-].[Cl-].[Cl-]. The molecule has 0 aliphatic rings. The van der Waals surface area contributed by atoms with Gasteiger partial charge in [-0.2, -0.15) is 0 Å². The Bertz CT molecular complexity index is 2350. The molecule has 8 amide bonds. The first-order valence-corrected chi connectivity index (χ1v) is 42.2. The van der Waals surface area contributed by atoms with Gasteiger partial charge in [-0.3, -0.25) is 38.4 Å². The van der Waals surface area contributed by atoms with Gasteiger partial charge in [0.1, 0.15) is 0 Å². The van der Waals surface area contributed by atoms with Crippen LogP contribution in [0.2, 0.25) is 0 Å². The highest BCUT2D eigenvalue weighted by Crippen LogP contribution is 2.09. The lowest BCUT2D eigenvalue weighted by molar-refractivity contribution is -0.870. The lowest BCUT2D eigenvalue weighted by Crippen LogP contribution is -3.00. The van der Waals surface area contributed by atoms with E-state index in [1.165, 1.54) is 0 Å². The number of quaternary nitrogens is 8. The van der Waals surface area contributed by atoms with E-state index in [4.69, 9.17) is 0 Å². The van der Waals surface area contributed by atoms with Gasteiger partial charge in [-0.15, -0.1) is 40.6 Å². The van der Waals surface area contributed by atoms with Crippen LogP contribution in [0.3, 0.4) is 0 Å². The van der Waals surface area contributed by atoms with E-state index in [1.807, 2.05) is 56.4 Å². The van der Waals surface area contributed by atoms with E-state index in [0.29, 0.717) is 188 Å². The van der Waals surface area contributed by atoms with Crippen molar-refractivity contribution in [2.45, 2.75) is 103 Å². The van der Waals surface area contributed by atoms with Crippen molar-refractivity contribution in [2.24, 2.45) is 0 Å². The topological polar surface area (TPSA) is 252 Å². The monoisotopic (exact) mass is 1770 g/mol. The van der Waals surface area contributed by atoms with Crippen LogP contribution in [0.5, 0.6) is 0 Å². The van der Waals surface area contributed by atoms with Crippen molar-refractivity contribution in [3.05, 3.63) is 28.2 Å².